The molecule has 0 radical (unpaired) electrons. The molecule has 1 saturated heterocycles. The lowest BCUT2D eigenvalue weighted by Gasteiger charge is -2.34. The molecule has 1 heterocycles. The largest absolute Gasteiger partial charge is 0.355 e. The van der Waals surface area contributed by atoms with Crippen molar-refractivity contribution in [2.75, 3.05) is 25.4 Å². The molecule has 1 aromatic carbocycles. The fourth-order valence-electron chi connectivity index (χ4n) is 2.49. The molecular formula is C16H23BrN2OS. The average molecular weight is 371 g/mol. The summed E-state index contributed by atoms with van der Waals surface area (Å²) >= 11 is 5.06. The van der Waals surface area contributed by atoms with E-state index in [1.165, 1.54) is 10.5 Å². The van der Waals surface area contributed by atoms with Crippen molar-refractivity contribution >= 4 is 33.6 Å². The van der Waals surface area contributed by atoms with Gasteiger partial charge in [-0.25, -0.2) is 0 Å². The van der Waals surface area contributed by atoms with Crippen LogP contribution in [-0.4, -0.2) is 31.3 Å². The van der Waals surface area contributed by atoms with E-state index < -0.39 is 0 Å². The number of carbonyl (C=O) groups is 1. The van der Waals surface area contributed by atoms with E-state index in [0.29, 0.717) is 5.75 Å². The van der Waals surface area contributed by atoms with E-state index in [-0.39, 0.29) is 11.3 Å². The number of hydrogen-bond donors (Lipinski definition) is 2. The molecule has 2 rings (SSSR count). The number of benzene rings is 1. The van der Waals surface area contributed by atoms with E-state index >= 15 is 0 Å². The lowest BCUT2D eigenvalue weighted by molar-refractivity contribution is -0.119. The Balaban J connectivity index is 1.77. The number of halogens is 1. The van der Waals surface area contributed by atoms with Crippen molar-refractivity contribution in [2.45, 2.75) is 31.6 Å². The number of piperidine rings is 1. The summed E-state index contributed by atoms with van der Waals surface area (Å²) in [5.41, 5.74) is 1.45. The number of nitrogens with one attached hydrogen (secondary N) is 2. The van der Waals surface area contributed by atoms with Gasteiger partial charge in [-0.15, -0.1) is 11.8 Å². The SMILES string of the molecule is Cc1cc(Br)ccc1SCC(=O)NCC1(C)CCNCC1. The van der Waals surface area contributed by atoms with Crippen LogP contribution in [0.15, 0.2) is 27.6 Å². The van der Waals surface area contributed by atoms with E-state index in [1.54, 1.807) is 11.8 Å². The average Bonchev–Trinajstić information content (AvgIpc) is 2.45. The topological polar surface area (TPSA) is 41.1 Å². The Bertz CT molecular complexity index is 501. The summed E-state index contributed by atoms with van der Waals surface area (Å²) < 4.78 is 1.08. The first kappa shape index (κ1) is 16.8. The third-order valence-electron chi connectivity index (χ3n) is 4.02. The van der Waals surface area contributed by atoms with Crippen LogP contribution in [-0.2, 0) is 4.79 Å². The Hall–Kier alpha value is -0.520. The molecule has 0 saturated carbocycles. The summed E-state index contributed by atoms with van der Waals surface area (Å²) in [7, 11) is 0. The highest BCUT2D eigenvalue weighted by molar-refractivity contribution is 9.10. The van der Waals surface area contributed by atoms with Crippen LogP contribution in [0.5, 0.6) is 0 Å². The van der Waals surface area contributed by atoms with Crippen molar-refractivity contribution in [1.82, 2.24) is 10.6 Å². The molecule has 1 aliphatic rings. The summed E-state index contributed by atoms with van der Waals surface area (Å²) in [5, 5.41) is 6.46. The van der Waals surface area contributed by atoms with E-state index in [4.69, 9.17) is 0 Å². The smallest absolute Gasteiger partial charge is 0.230 e. The molecule has 0 spiro atoms. The van der Waals surface area contributed by atoms with Gasteiger partial charge >= 0.3 is 0 Å². The van der Waals surface area contributed by atoms with Gasteiger partial charge in [-0.3, -0.25) is 4.79 Å². The second-order valence-corrected chi connectivity index (χ2v) is 7.97. The third-order valence-corrected chi connectivity index (χ3v) is 5.69. The molecule has 1 amide bonds. The van der Waals surface area contributed by atoms with Crippen LogP contribution < -0.4 is 10.6 Å². The first-order chi connectivity index (χ1) is 9.98. The van der Waals surface area contributed by atoms with Gasteiger partial charge in [-0.1, -0.05) is 22.9 Å². The Morgan fingerprint density at radius 1 is 1.43 bits per heavy atom. The number of amides is 1. The van der Waals surface area contributed by atoms with E-state index in [9.17, 15) is 4.79 Å². The summed E-state index contributed by atoms with van der Waals surface area (Å²) in [4.78, 5) is 13.2. The molecule has 116 valence electrons. The molecule has 0 aliphatic carbocycles. The Morgan fingerprint density at radius 2 is 2.14 bits per heavy atom. The van der Waals surface area contributed by atoms with Crippen molar-refractivity contribution in [2.24, 2.45) is 5.41 Å². The summed E-state index contributed by atoms with van der Waals surface area (Å²) in [5.74, 6) is 0.610. The summed E-state index contributed by atoms with van der Waals surface area (Å²) in [6, 6.07) is 6.16. The van der Waals surface area contributed by atoms with Gasteiger partial charge in [-0.2, -0.15) is 0 Å². The van der Waals surface area contributed by atoms with Crippen LogP contribution in [0, 0.1) is 12.3 Å². The predicted molar refractivity (Wildman–Crippen MR) is 92.8 cm³/mol. The fraction of sp³-hybridized carbons (Fsp3) is 0.562. The molecule has 0 atom stereocenters. The minimum absolute atomic E-state index is 0.127. The lowest BCUT2D eigenvalue weighted by Crippen LogP contribution is -2.43. The highest BCUT2D eigenvalue weighted by Crippen LogP contribution is 2.27. The van der Waals surface area contributed by atoms with E-state index in [1.807, 2.05) is 6.07 Å². The molecule has 3 nitrogen and oxygen atoms in total. The highest BCUT2D eigenvalue weighted by atomic mass is 79.9. The van der Waals surface area contributed by atoms with Crippen molar-refractivity contribution in [3.63, 3.8) is 0 Å². The number of carbonyl (C=O) groups excluding carboxylic acids is 1. The van der Waals surface area contributed by atoms with Crippen molar-refractivity contribution in [3.8, 4) is 0 Å². The van der Waals surface area contributed by atoms with Crippen molar-refractivity contribution in [3.05, 3.63) is 28.2 Å². The first-order valence-electron chi connectivity index (χ1n) is 7.35. The van der Waals surface area contributed by atoms with E-state index in [0.717, 1.165) is 36.9 Å². The summed E-state index contributed by atoms with van der Waals surface area (Å²) in [6.45, 7) is 7.23. The summed E-state index contributed by atoms with van der Waals surface area (Å²) in [6.07, 6.45) is 2.26. The lowest BCUT2D eigenvalue weighted by atomic mass is 9.81. The van der Waals surface area contributed by atoms with Gasteiger partial charge in [-0.05, 0) is 62.0 Å². The quantitative estimate of drug-likeness (QED) is 0.780. The molecule has 21 heavy (non-hydrogen) atoms. The Labute approximate surface area is 139 Å². The number of thioether (sulfide) groups is 1. The zero-order chi connectivity index (χ0) is 15.3. The number of hydrogen-bond acceptors (Lipinski definition) is 3. The van der Waals surface area contributed by atoms with Gasteiger partial charge in [0.05, 0.1) is 5.75 Å². The van der Waals surface area contributed by atoms with Crippen LogP contribution in [0.3, 0.4) is 0 Å². The molecule has 0 aromatic heterocycles. The predicted octanol–water partition coefficient (Wildman–Crippen LogP) is 3.36. The molecule has 1 fully saturated rings. The number of rotatable bonds is 5. The second kappa shape index (κ2) is 7.65. The van der Waals surface area contributed by atoms with Gasteiger partial charge in [0.15, 0.2) is 0 Å². The third kappa shape index (κ3) is 5.31. The Kier molecular flexibility index (Phi) is 6.14. The van der Waals surface area contributed by atoms with Crippen LogP contribution >= 0.6 is 27.7 Å². The van der Waals surface area contributed by atoms with Crippen LogP contribution in [0.4, 0.5) is 0 Å². The van der Waals surface area contributed by atoms with Crippen molar-refractivity contribution < 1.29 is 4.79 Å². The zero-order valence-corrected chi connectivity index (χ0v) is 15.1. The van der Waals surface area contributed by atoms with E-state index in [2.05, 4.69) is 52.5 Å². The van der Waals surface area contributed by atoms with Gasteiger partial charge in [0, 0.05) is 15.9 Å². The molecule has 2 N–H and O–H groups in total. The van der Waals surface area contributed by atoms with Gasteiger partial charge in [0.1, 0.15) is 0 Å². The molecule has 1 aliphatic heterocycles. The minimum atomic E-state index is 0.127. The zero-order valence-electron chi connectivity index (χ0n) is 12.7. The maximum Gasteiger partial charge on any atom is 0.230 e. The molecule has 0 unspecified atom stereocenters. The van der Waals surface area contributed by atoms with Gasteiger partial charge < -0.3 is 10.6 Å². The standard InChI is InChI=1S/C16H23BrN2OS/c1-12-9-13(17)3-4-14(12)21-10-15(20)19-11-16(2)5-7-18-8-6-16/h3-4,9,18H,5-8,10-11H2,1-2H3,(H,19,20). The van der Waals surface area contributed by atoms with Crippen LogP contribution in [0.2, 0.25) is 0 Å². The Morgan fingerprint density at radius 3 is 2.81 bits per heavy atom. The maximum atomic E-state index is 12.0. The second-order valence-electron chi connectivity index (χ2n) is 6.04. The van der Waals surface area contributed by atoms with Crippen LogP contribution in [0.1, 0.15) is 25.3 Å². The fourth-order valence-corrected chi connectivity index (χ4v) is 3.80. The van der Waals surface area contributed by atoms with Gasteiger partial charge in [0.2, 0.25) is 5.91 Å². The van der Waals surface area contributed by atoms with Crippen LogP contribution in [0.25, 0.3) is 0 Å². The highest BCUT2D eigenvalue weighted by Gasteiger charge is 2.26. The minimum Gasteiger partial charge on any atom is -0.355 e. The molecule has 5 heteroatoms. The normalized spacial score (nSPS) is 17.5. The molecule has 1 aromatic rings. The maximum absolute atomic E-state index is 12.0. The molecule has 0 bridgehead atoms. The first-order valence-corrected chi connectivity index (χ1v) is 9.13. The monoisotopic (exact) mass is 370 g/mol. The van der Waals surface area contributed by atoms with Crippen molar-refractivity contribution in [1.29, 1.82) is 0 Å². The molecular weight excluding hydrogens is 348 g/mol. The number of aryl methyl sites for hydroxylation is 1. The van der Waals surface area contributed by atoms with Gasteiger partial charge in [0.25, 0.3) is 0 Å².